The van der Waals surface area contributed by atoms with Crippen LogP contribution in [0.2, 0.25) is 0 Å². The summed E-state index contributed by atoms with van der Waals surface area (Å²) in [5, 5.41) is 10.8. The van der Waals surface area contributed by atoms with Crippen LogP contribution in [-0.2, 0) is 0 Å². The molecule has 0 aliphatic rings. The number of nitrogens with zero attached hydrogens (tertiary/aromatic N) is 2. The predicted molar refractivity (Wildman–Crippen MR) is 69.8 cm³/mol. The Morgan fingerprint density at radius 2 is 2.16 bits per heavy atom. The molecule has 0 amide bonds. The molecule has 0 bridgehead atoms. The molecule has 1 heterocycles. The third kappa shape index (κ3) is 3.05. The highest BCUT2D eigenvalue weighted by molar-refractivity contribution is 9.10. The van der Waals surface area contributed by atoms with Crippen LogP contribution in [0, 0.1) is 22.9 Å². The standard InChI is InChI=1S/C12H8BrFN2O3/c1-7-4-9(13)12(15-6-7)19-11-3-2-8(14)5-10(11)16(17)18/h2-6H,1H3. The molecule has 2 aromatic rings. The molecule has 0 radical (unpaired) electrons. The van der Waals surface area contributed by atoms with Gasteiger partial charge in [-0.25, -0.2) is 9.37 Å². The summed E-state index contributed by atoms with van der Waals surface area (Å²) in [4.78, 5) is 14.1. The highest BCUT2D eigenvalue weighted by Gasteiger charge is 2.18. The van der Waals surface area contributed by atoms with Crippen molar-refractivity contribution in [1.29, 1.82) is 0 Å². The first-order chi connectivity index (χ1) is 8.97. The zero-order valence-corrected chi connectivity index (χ0v) is 11.3. The Hall–Kier alpha value is -2.02. The van der Waals surface area contributed by atoms with Crippen LogP contribution in [0.15, 0.2) is 34.9 Å². The summed E-state index contributed by atoms with van der Waals surface area (Å²) in [6, 6.07) is 4.85. The van der Waals surface area contributed by atoms with E-state index >= 15 is 0 Å². The number of rotatable bonds is 3. The summed E-state index contributed by atoms with van der Waals surface area (Å²) in [6.45, 7) is 1.85. The van der Waals surface area contributed by atoms with E-state index in [4.69, 9.17) is 4.74 Å². The smallest absolute Gasteiger partial charge is 0.314 e. The third-order valence-electron chi connectivity index (χ3n) is 2.27. The number of hydrogen-bond acceptors (Lipinski definition) is 4. The van der Waals surface area contributed by atoms with E-state index in [-0.39, 0.29) is 11.6 Å². The zero-order chi connectivity index (χ0) is 14.0. The van der Waals surface area contributed by atoms with E-state index < -0.39 is 16.4 Å². The second kappa shape index (κ2) is 5.31. The molecule has 1 aromatic heterocycles. The predicted octanol–water partition coefficient (Wildman–Crippen LogP) is 3.99. The summed E-state index contributed by atoms with van der Waals surface area (Å²) < 4.78 is 18.9. The molecule has 0 unspecified atom stereocenters. The average molecular weight is 327 g/mol. The van der Waals surface area contributed by atoms with Gasteiger partial charge in [0.25, 0.3) is 0 Å². The quantitative estimate of drug-likeness (QED) is 0.631. The van der Waals surface area contributed by atoms with Crippen molar-refractivity contribution >= 4 is 21.6 Å². The first-order valence-corrected chi connectivity index (χ1v) is 6.00. The van der Waals surface area contributed by atoms with Crippen molar-refractivity contribution < 1.29 is 14.1 Å². The van der Waals surface area contributed by atoms with Crippen LogP contribution in [-0.4, -0.2) is 9.91 Å². The molecule has 0 aliphatic carbocycles. The molecule has 0 spiro atoms. The largest absolute Gasteiger partial charge is 0.431 e. The first-order valence-electron chi connectivity index (χ1n) is 5.21. The van der Waals surface area contributed by atoms with E-state index in [2.05, 4.69) is 20.9 Å². The topological polar surface area (TPSA) is 65.3 Å². The van der Waals surface area contributed by atoms with Gasteiger partial charge in [-0.15, -0.1) is 0 Å². The fraction of sp³-hybridized carbons (Fsp3) is 0.0833. The monoisotopic (exact) mass is 326 g/mol. The molecule has 0 fully saturated rings. The van der Waals surface area contributed by atoms with E-state index in [0.717, 1.165) is 17.7 Å². The summed E-state index contributed by atoms with van der Waals surface area (Å²) in [5.41, 5.74) is 0.460. The highest BCUT2D eigenvalue weighted by Crippen LogP contribution is 2.34. The van der Waals surface area contributed by atoms with Crippen molar-refractivity contribution in [2.24, 2.45) is 0 Å². The van der Waals surface area contributed by atoms with E-state index in [0.29, 0.717) is 4.47 Å². The van der Waals surface area contributed by atoms with E-state index in [1.807, 2.05) is 6.92 Å². The fourth-order valence-electron chi connectivity index (χ4n) is 1.42. The highest BCUT2D eigenvalue weighted by atomic mass is 79.9. The maximum atomic E-state index is 13.0. The van der Waals surface area contributed by atoms with E-state index in [1.165, 1.54) is 6.07 Å². The van der Waals surface area contributed by atoms with Gasteiger partial charge in [0, 0.05) is 6.20 Å². The summed E-state index contributed by atoms with van der Waals surface area (Å²) >= 11 is 3.25. The molecule has 0 saturated carbocycles. The summed E-state index contributed by atoms with van der Waals surface area (Å²) in [7, 11) is 0. The number of benzene rings is 1. The molecule has 0 N–H and O–H groups in total. The number of pyridine rings is 1. The zero-order valence-electron chi connectivity index (χ0n) is 9.76. The van der Waals surface area contributed by atoms with Gasteiger partial charge >= 0.3 is 5.69 Å². The maximum absolute atomic E-state index is 13.0. The minimum atomic E-state index is -0.708. The Balaban J connectivity index is 2.40. The van der Waals surface area contributed by atoms with Gasteiger partial charge in [0.15, 0.2) is 0 Å². The van der Waals surface area contributed by atoms with Gasteiger partial charge in [-0.3, -0.25) is 10.1 Å². The summed E-state index contributed by atoms with van der Waals surface area (Å²) in [5.74, 6) is -0.584. The average Bonchev–Trinajstić information content (AvgIpc) is 2.34. The van der Waals surface area contributed by atoms with Crippen molar-refractivity contribution in [3.8, 4) is 11.6 Å². The van der Waals surface area contributed by atoms with Crippen LogP contribution in [0.3, 0.4) is 0 Å². The number of aromatic nitrogens is 1. The van der Waals surface area contributed by atoms with Gasteiger partial charge in [0.2, 0.25) is 11.6 Å². The van der Waals surface area contributed by atoms with Crippen LogP contribution in [0.25, 0.3) is 0 Å². The second-order valence-electron chi connectivity index (χ2n) is 3.77. The molecule has 98 valence electrons. The number of aryl methyl sites for hydroxylation is 1. The number of hydrogen-bond donors (Lipinski definition) is 0. The lowest BCUT2D eigenvalue weighted by molar-refractivity contribution is -0.385. The number of nitro benzene ring substituents is 1. The molecule has 5 nitrogen and oxygen atoms in total. The Morgan fingerprint density at radius 3 is 2.79 bits per heavy atom. The van der Waals surface area contributed by atoms with Gasteiger partial charge in [-0.2, -0.15) is 0 Å². The van der Waals surface area contributed by atoms with Gasteiger partial charge < -0.3 is 4.74 Å². The van der Waals surface area contributed by atoms with Crippen molar-refractivity contribution in [3.63, 3.8) is 0 Å². The molecular formula is C12H8BrFN2O3. The second-order valence-corrected chi connectivity index (χ2v) is 4.63. The van der Waals surface area contributed by atoms with Gasteiger partial charge in [0.05, 0.1) is 15.5 Å². The van der Waals surface area contributed by atoms with Crippen molar-refractivity contribution in [2.45, 2.75) is 6.92 Å². The molecule has 0 saturated heterocycles. The van der Waals surface area contributed by atoms with Crippen LogP contribution in [0.1, 0.15) is 5.56 Å². The summed E-state index contributed by atoms with van der Waals surface area (Å²) in [6.07, 6.45) is 1.56. The first kappa shape index (κ1) is 13.4. The van der Waals surface area contributed by atoms with Crippen LogP contribution >= 0.6 is 15.9 Å². The van der Waals surface area contributed by atoms with Crippen LogP contribution in [0.4, 0.5) is 10.1 Å². The van der Waals surface area contributed by atoms with E-state index in [1.54, 1.807) is 12.3 Å². The van der Waals surface area contributed by atoms with Crippen molar-refractivity contribution in [2.75, 3.05) is 0 Å². The number of ether oxygens (including phenoxy) is 1. The lowest BCUT2D eigenvalue weighted by Crippen LogP contribution is -1.96. The lowest BCUT2D eigenvalue weighted by Gasteiger charge is -2.07. The van der Waals surface area contributed by atoms with Gasteiger partial charge in [0.1, 0.15) is 5.82 Å². The Kier molecular flexibility index (Phi) is 3.75. The van der Waals surface area contributed by atoms with Crippen LogP contribution < -0.4 is 4.74 Å². The van der Waals surface area contributed by atoms with Crippen molar-refractivity contribution in [1.82, 2.24) is 4.98 Å². The molecule has 19 heavy (non-hydrogen) atoms. The van der Waals surface area contributed by atoms with E-state index in [9.17, 15) is 14.5 Å². The lowest BCUT2D eigenvalue weighted by atomic mass is 10.3. The van der Waals surface area contributed by atoms with Crippen molar-refractivity contribution in [3.05, 3.63) is 56.4 Å². The Morgan fingerprint density at radius 1 is 1.42 bits per heavy atom. The third-order valence-corrected chi connectivity index (χ3v) is 2.84. The SMILES string of the molecule is Cc1cnc(Oc2ccc(F)cc2[N+](=O)[O-])c(Br)c1. The fourth-order valence-corrected chi connectivity index (χ4v) is 1.96. The molecule has 0 aliphatic heterocycles. The Bertz CT molecular complexity index is 649. The molecule has 2 rings (SSSR count). The minimum absolute atomic E-state index is 0.0662. The normalized spacial score (nSPS) is 10.3. The number of nitro groups is 1. The van der Waals surface area contributed by atoms with Gasteiger partial charge in [-0.05, 0) is 46.6 Å². The maximum Gasteiger partial charge on any atom is 0.314 e. The Labute approximate surface area is 116 Å². The molecule has 1 aromatic carbocycles. The molecular weight excluding hydrogens is 319 g/mol. The molecule has 7 heteroatoms. The van der Waals surface area contributed by atoms with Gasteiger partial charge in [-0.1, -0.05) is 0 Å². The number of halogens is 2. The molecule has 0 atom stereocenters. The minimum Gasteiger partial charge on any atom is -0.431 e. The van der Waals surface area contributed by atoms with Crippen LogP contribution in [0.5, 0.6) is 11.6 Å².